The molecular weight excluding hydrogens is 332 g/mol. The smallest absolute Gasteiger partial charge is 0.254 e. The third-order valence-electron chi connectivity index (χ3n) is 3.53. The van der Waals surface area contributed by atoms with E-state index in [0.29, 0.717) is 11.8 Å². The average Bonchev–Trinajstić information content (AvgIpc) is 2.53. The number of hydrogen-bond donors (Lipinski definition) is 3. The van der Waals surface area contributed by atoms with Crippen molar-refractivity contribution in [2.45, 2.75) is 33.2 Å². The lowest BCUT2D eigenvalue weighted by Gasteiger charge is -2.22. The van der Waals surface area contributed by atoms with Gasteiger partial charge in [0, 0.05) is 37.1 Å². The largest absolute Gasteiger partial charge is 0.365 e. The number of aromatic nitrogens is 2. The van der Waals surface area contributed by atoms with E-state index in [9.17, 15) is 9.59 Å². The van der Waals surface area contributed by atoms with Gasteiger partial charge in [-0.3, -0.25) is 9.59 Å². The van der Waals surface area contributed by atoms with Crippen molar-refractivity contribution in [3.8, 4) is 0 Å². The first kappa shape index (κ1) is 19.2. The van der Waals surface area contributed by atoms with Crippen LogP contribution in [0.5, 0.6) is 0 Å². The number of nitrogens with zero attached hydrogens (tertiary/aromatic N) is 3. The van der Waals surface area contributed by atoms with Crippen molar-refractivity contribution < 1.29 is 9.59 Å². The molecule has 2 rings (SSSR count). The van der Waals surface area contributed by atoms with Crippen molar-refractivity contribution in [3.05, 3.63) is 36.0 Å². The second kappa shape index (κ2) is 7.38. The normalized spacial score (nSPS) is 11.0. The molecule has 0 saturated carbocycles. The summed E-state index contributed by atoms with van der Waals surface area (Å²) in [6.07, 6.45) is 1.39. The highest BCUT2D eigenvalue weighted by molar-refractivity contribution is 5.97. The minimum Gasteiger partial charge on any atom is -0.365 e. The number of primary amides is 1. The summed E-state index contributed by atoms with van der Waals surface area (Å²) < 4.78 is 0. The topological polar surface area (TPSA) is 113 Å². The third-order valence-corrected chi connectivity index (χ3v) is 3.53. The van der Waals surface area contributed by atoms with Gasteiger partial charge in [-0.05, 0) is 45.0 Å². The Hall–Kier alpha value is -3.16. The van der Waals surface area contributed by atoms with E-state index >= 15 is 0 Å². The number of rotatable bonds is 5. The van der Waals surface area contributed by atoms with Crippen molar-refractivity contribution >= 4 is 35.0 Å². The summed E-state index contributed by atoms with van der Waals surface area (Å²) in [5, 5.41) is 6.23. The molecule has 0 aliphatic carbocycles. The van der Waals surface area contributed by atoms with Crippen molar-refractivity contribution in [2.24, 2.45) is 5.73 Å². The Morgan fingerprint density at radius 2 is 1.77 bits per heavy atom. The number of amides is 2. The van der Waals surface area contributed by atoms with Crippen LogP contribution >= 0.6 is 0 Å². The zero-order valence-corrected chi connectivity index (χ0v) is 15.6. The van der Waals surface area contributed by atoms with Crippen molar-refractivity contribution in [1.82, 2.24) is 9.97 Å². The molecule has 0 atom stereocenters. The molecule has 0 spiro atoms. The van der Waals surface area contributed by atoms with Gasteiger partial charge in [-0.1, -0.05) is 0 Å². The standard InChI is InChI=1S/C18H24N6O2/c1-11(25)24(5)13-8-6-12(7-9-13)21-17-20-10-14(15(19)26)16(22-17)23-18(2,3)4/h6-10H,1-5H3,(H2,19,26)(H2,20,21,22,23). The second-order valence-electron chi connectivity index (χ2n) is 6.95. The highest BCUT2D eigenvalue weighted by Gasteiger charge is 2.18. The summed E-state index contributed by atoms with van der Waals surface area (Å²) in [6, 6.07) is 7.26. The first-order valence-electron chi connectivity index (χ1n) is 8.13. The van der Waals surface area contributed by atoms with Crippen LogP contribution in [0.25, 0.3) is 0 Å². The van der Waals surface area contributed by atoms with E-state index in [1.807, 2.05) is 45.0 Å². The van der Waals surface area contributed by atoms with E-state index in [2.05, 4.69) is 20.6 Å². The Balaban J connectivity index is 2.25. The SMILES string of the molecule is CC(=O)N(C)c1ccc(Nc2ncc(C(N)=O)c(NC(C)(C)C)n2)cc1. The zero-order chi connectivity index (χ0) is 19.5. The molecule has 0 fully saturated rings. The summed E-state index contributed by atoms with van der Waals surface area (Å²) in [5.74, 6) is 0.0544. The van der Waals surface area contributed by atoms with E-state index in [-0.39, 0.29) is 17.0 Å². The molecule has 0 saturated heterocycles. The number of carbonyl (C=O) groups excluding carboxylic acids is 2. The molecule has 2 amide bonds. The summed E-state index contributed by atoms with van der Waals surface area (Å²) in [4.78, 5) is 33.0. The molecule has 1 aromatic heterocycles. The van der Waals surface area contributed by atoms with Gasteiger partial charge in [0.05, 0.1) is 5.56 Å². The molecule has 0 radical (unpaired) electrons. The van der Waals surface area contributed by atoms with E-state index in [1.165, 1.54) is 13.1 Å². The molecular formula is C18H24N6O2. The lowest BCUT2D eigenvalue weighted by Crippen LogP contribution is -2.29. The predicted octanol–water partition coefficient (Wildman–Crippen LogP) is 2.51. The zero-order valence-electron chi connectivity index (χ0n) is 15.6. The van der Waals surface area contributed by atoms with Crippen LogP contribution in [0.15, 0.2) is 30.5 Å². The molecule has 8 heteroatoms. The number of anilines is 4. The van der Waals surface area contributed by atoms with Gasteiger partial charge < -0.3 is 21.3 Å². The highest BCUT2D eigenvalue weighted by Crippen LogP contribution is 2.22. The number of hydrogen-bond acceptors (Lipinski definition) is 6. The van der Waals surface area contributed by atoms with Gasteiger partial charge in [-0.25, -0.2) is 4.98 Å². The molecule has 2 aromatic rings. The van der Waals surface area contributed by atoms with E-state index in [1.54, 1.807) is 11.9 Å². The first-order valence-corrected chi connectivity index (χ1v) is 8.13. The summed E-state index contributed by atoms with van der Waals surface area (Å²) in [6.45, 7) is 7.37. The number of nitrogens with two attached hydrogens (primary N) is 1. The molecule has 1 heterocycles. The monoisotopic (exact) mass is 356 g/mol. The van der Waals surface area contributed by atoms with Crippen molar-refractivity contribution in [1.29, 1.82) is 0 Å². The lowest BCUT2D eigenvalue weighted by molar-refractivity contribution is -0.116. The van der Waals surface area contributed by atoms with Gasteiger partial charge >= 0.3 is 0 Å². The minimum absolute atomic E-state index is 0.0472. The van der Waals surface area contributed by atoms with Gasteiger partial charge in [-0.15, -0.1) is 0 Å². The molecule has 26 heavy (non-hydrogen) atoms. The second-order valence-corrected chi connectivity index (χ2v) is 6.95. The molecule has 1 aromatic carbocycles. The van der Waals surface area contributed by atoms with Crippen LogP contribution in [0.2, 0.25) is 0 Å². The Labute approximate surface area is 152 Å². The van der Waals surface area contributed by atoms with Crippen LogP contribution < -0.4 is 21.3 Å². The Morgan fingerprint density at radius 1 is 1.15 bits per heavy atom. The summed E-state index contributed by atoms with van der Waals surface area (Å²) in [7, 11) is 1.71. The van der Waals surface area contributed by atoms with Gasteiger partial charge in [0.1, 0.15) is 5.82 Å². The van der Waals surface area contributed by atoms with Crippen LogP contribution in [0.3, 0.4) is 0 Å². The maximum Gasteiger partial charge on any atom is 0.254 e. The molecule has 0 aliphatic rings. The van der Waals surface area contributed by atoms with Gasteiger partial charge in [0.15, 0.2) is 0 Å². The van der Waals surface area contributed by atoms with Crippen LogP contribution in [-0.2, 0) is 4.79 Å². The fourth-order valence-electron chi connectivity index (χ4n) is 2.15. The van der Waals surface area contributed by atoms with Crippen LogP contribution in [0.1, 0.15) is 38.1 Å². The quantitative estimate of drug-likeness (QED) is 0.758. The number of benzene rings is 1. The van der Waals surface area contributed by atoms with Crippen LogP contribution in [0.4, 0.5) is 23.1 Å². The van der Waals surface area contributed by atoms with E-state index in [4.69, 9.17) is 5.73 Å². The third kappa shape index (κ3) is 4.92. The van der Waals surface area contributed by atoms with Crippen LogP contribution in [0, 0.1) is 0 Å². The van der Waals surface area contributed by atoms with E-state index in [0.717, 1.165) is 11.4 Å². The maximum absolute atomic E-state index is 11.6. The van der Waals surface area contributed by atoms with Crippen molar-refractivity contribution in [3.63, 3.8) is 0 Å². The predicted molar refractivity (Wildman–Crippen MR) is 103 cm³/mol. The first-order chi connectivity index (χ1) is 12.1. The molecule has 4 N–H and O–H groups in total. The van der Waals surface area contributed by atoms with Crippen molar-refractivity contribution in [2.75, 3.05) is 22.6 Å². The molecule has 0 aliphatic heterocycles. The Kier molecular flexibility index (Phi) is 5.44. The molecule has 0 unspecified atom stereocenters. The fourth-order valence-corrected chi connectivity index (χ4v) is 2.15. The highest BCUT2D eigenvalue weighted by atomic mass is 16.2. The Bertz CT molecular complexity index is 811. The van der Waals surface area contributed by atoms with E-state index < -0.39 is 5.91 Å². The van der Waals surface area contributed by atoms with Crippen LogP contribution in [-0.4, -0.2) is 34.4 Å². The Morgan fingerprint density at radius 3 is 2.27 bits per heavy atom. The van der Waals surface area contributed by atoms with Gasteiger partial charge in [0.2, 0.25) is 11.9 Å². The van der Waals surface area contributed by atoms with Gasteiger partial charge in [0.25, 0.3) is 5.91 Å². The number of nitrogens with one attached hydrogen (secondary N) is 2. The summed E-state index contributed by atoms with van der Waals surface area (Å²) in [5.41, 5.74) is 6.85. The lowest BCUT2D eigenvalue weighted by atomic mass is 10.1. The maximum atomic E-state index is 11.6. The number of carbonyl (C=O) groups is 2. The van der Waals surface area contributed by atoms with Gasteiger partial charge in [-0.2, -0.15) is 4.98 Å². The molecule has 8 nitrogen and oxygen atoms in total. The molecule has 138 valence electrons. The minimum atomic E-state index is -0.597. The molecule has 0 bridgehead atoms. The summed E-state index contributed by atoms with van der Waals surface area (Å²) >= 11 is 0. The average molecular weight is 356 g/mol. The fraction of sp³-hybridized carbons (Fsp3) is 0.333.